The van der Waals surface area contributed by atoms with Gasteiger partial charge in [-0.3, -0.25) is 0 Å². The summed E-state index contributed by atoms with van der Waals surface area (Å²) in [5.74, 6) is 0.739. The molecule has 118 valence electrons. The van der Waals surface area contributed by atoms with Crippen LogP contribution < -0.4 is 5.73 Å². The summed E-state index contributed by atoms with van der Waals surface area (Å²) in [6.07, 6.45) is 5.09. The lowest BCUT2D eigenvalue weighted by atomic mass is 9.77. The van der Waals surface area contributed by atoms with E-state index < -0.39 is 0 Å². The van der Waals surface area contributed by atoms with Gasteiger partial charge < -0.3 is 10.5 Å². The predicted molar refractivity (Wildman–Crippen MR) is 89.4 cm³/mol. The van der Waals surface area contributed by atoms with Crippen molar-refractivity contribution >= 4 is 0 Å². The van der Waals surface area contributed by atoms with Crippen molar-refractivity contribution < 1.29 is 4.74 Å². The minimum atomic E-state index is 0.163. The summed E-state index contributed by atoms with van der Waals surface area (Å²) in [6.45, 7) is 9.73. The van der Waals surface area contributed by atoms with Crippen LogP contribution in [0.2, 0.25) is 0 Å². The Morgan fingerprint density at radius 2 is 1.81 bits per heavy atom. The molecular formula is C19H31NO. The van der Waals surface area contributed by atoms with Crippen LogP contribution in [0.15, 0.2) is 24.3 Å². The Balaban J connectivity index is 1.88. The maximum absolute atomic E-state index is 6.38. The number of nitrogens with two attached hydrogens (primary N) is 1. The molecule has 2 heteroatoms. The zero-order valence-corrected chi connectivity index (χ0v) is 14.1. The van der Waals surface area contributed by atoms with Crippen LogP contribution in [0.25, 0.3) is 0 Å². The number of ether oxygens (including phenoxy) is 1. The van der Waals surface area contributed by atoms with Crippen molar-refractivity contribution in [2.24, 2.45) is 11.7 Å². The van der Waals surface area contributed by atoms with Gasteiger partial charge in [0.2, 0.25) is 0 Å². The second-order valence-corrected chi connectivity index (χ2v) is 7.12. The third-order valence-corrected chi connectivity index (χ3v) is 5.19. The Morgan fingerprint density at radius 1 is 1.19 bits per heavy atom. The standard InChI is InChI=1S/C19H31NO/c1-5-19(3,4)16-9-7-15(8-10-16)18(20)13-14-11-17(12-14)21-6-2/h7-10,14,17-18H,5-6,11-13,20H2,1-4H3. The molecule has 2 nitrogen and oxygen atoms in total. The number of hydrogen-bond donors (Lipinski definition) is 1. The van der Waals surface area contributed by atoms with Crippen LogP contribution >= 0.6 is 0 Å². The first-order chi connectivity index (χ1) is 9.96. The highest BCUT2D eigenvalue weighted by molar-refractivity contribution is 5.29. The summed E-state index contributed by atoms with van der Waals surface area (Å²) >= 11 is 0. The topological polar surface area (TPSA) is 35.2 Å². The molecule has 1 fully saturated rings. The summed E-state index contributed by atoms with van der Waals surface area (Å²) in [6, 6.07) is 9.10. The lowest BCUT2D eigenvalue weighted by Crippen LogP contribution is -2.33. The largest absolute Gasteiger partial charge is 0.378 e. The number of benzene rings is 1. The normalized spacial score (nSPS) is 23.7. The molecule has 2 N–H and O–H groups in total. The molecule has 0 saturated heterocycles. The second kappa shape index (κ2) is 6.93. The van der Waals surface area contributed by atoms with Crippen LogP contribution in [0, 0.1) is 5.92 Å². The van der Waals surface area contributed by atoms with E-state index in [0.29, 0.717) is 6.10 Å². The molecule has 2 rings (SSSR count). The Kier molecular flexibility index (Phi) is 5.45. The molecule has 0 radical (unpaired) electrons. The molecule has 0 spiro atoms. The van der Waals surface area contributed by atoms with E-state index in [9.17, 15) is 0 Å². The van der Waals surface area contributed by atoms with Crippen molar-refractivity contribution in [2.75, 3.05) is 6.61 Å². The summed E-state index contributed by atoms with van der Waals surface area (Å²) in [5, 5.41) is 0. The van der Waals surface area contributed by atoms with Crippen molar-refractivity contribution in [2.45, 2.75) is 70.9 Å². The maximum Gasteiger partial charge on any atom is 0.0580 e. The van der Waals surface area contributed by atoms with Gasteiger partial charge in [0.25, 0.3) is 0 Å². The number of hydrogen-bond acceptors (Lipinski definition) is 2. The van der Waals surface area contributed by atoms with E-state index in [1.807, 2.05) is 0 Å². The van der Waals surface area contributed by atoms with Crippen molar-refractivity contribution in [1.82, 2.24) is 0 Å². The lowest BCUT2D eigenvalue weighted by molar-refractivity contribution is -0.0282. The first-order valence-electron chi connectivity index (χ1n) is 8.44. The highest BCUT2D eigenvalue weighted by Crippen LogP contribution is 2.36. The summed E-state index contributed by atoms with van der Waals surface area (Å²) in [7, 11) is 0. The van der Waals surface area contributed by atoms with Gasteiger partial charge >= 0.3 is 0 Å². The molecule has 1 atom stereocenters. The van der Waals surface area contributed by atoms with Crippen LogP contribution in [0.4, 0.5) is 0 Å². The van der Waals surface area contributed by atoms with Gasteiger partial charge in [-0.2, -0.15) is 0 Å². The quantitative estimate of drug-likeness (QED) is 0.797. The fourth-order valence-electron chi connectivity index (χ4n) is 3.12. The fourth-order valence-corrected chi connectivity index (χ4v) is 3.12. The molecule has 0 amide bonds. The van der Waals surface area contributed by atoms with Gasteiger partial charge in [0.1, 0.15) is 0 Å². The van der Waals surface area contributed by atoms with E-state index in [-0.39, 0.29) is 11.5 Å². The monoisotopic (exact) mass is 289 g/mol. The van der Waals surface area contributed by atoms with Gasteiger partial charge in [0.15, 0.2) is 0 Å². The van der Waals surface area contributed by atoms with E-state index in [1.165, 1.54) is 24.0 Å². The van der Waals surface area contributed by atoms with E-state index >= 15 is 0 Å². The second-order valence-electron chi connectivity index (χ2n) is 7.12. The van der Waals surface area contributed by atoms with Crippen molar-refractivity contribution in [3.8, 4) is 0 Å². The molecule has 1 aromatic carbocycles. The summed E-state index contributed by atoms with van der Waals surface area (Å²) in [5.41, 5.74) is 9.30. The van der Waals surface area contributed by atoms with E-state index in [4.69, 9.17) is 10.5 Å². The predicted octanol–water partition coefficient (Wildman–Crippen LogP) is 4.58. The van der Waals surface area contributed by atoms with E-state index in [1.54, 1.807) is 0 Å². The molecule has 0 aliphatic heterocycles. The van der Waals surface area contributed by atoms with Crippen LogP contribution in [0.1, 0.15) is 70.5 Å². The van der Waals surface area contributed by atoms with E-state index in [0.717, 1.165) is 25.4 Å². The third-order valence-electron chi connectivity index (χ3n) is 5.19. The molecule has 1 aliphatic carbocycles. The lowest BCUT2D eigenvalue weighted by Gasteiger charge is -2.36. The summed E-state index contributed by atoms with van der Waals surface area (Å²) < 4.78 is 5.62. The van der Waals surface area contributed by atoms with Crippen LogP contribution in [-0.4, -0.2) is 12.7 Å². The van der Waals surface area contributed by atoms with Gasteiger partial charge in [-0.05, 0) is 55.1 Å². The minimum Gasteiger partial charge on any atom is -0.378 e. The molecule has 1 saturated carbocycles. The van der Waals surface area contributed by atoms with Crippen molar-refractivity contribution in [1.29, 1.82) is 0 Å². The van der Waals surface area contributed by atoms with Crippen LogP contribution in [0.5, 0.6) is 0 Å². The van der Waals surface area contributed by atoms with Gasteiger partial charge in [-0.25, -0.2) is 0 Å². The van der Waals surface area contributed by atoms with Gasteiger partial charge in [0, 0.05) is 12.6 Å². The van der Waals surface area contributed by atoms with E-state index in [2.05, 4.69) is 52.0 Å². The Bertz CT molecular complexity index is 431. The molecule has 21 heavy (non-hydrogen) atoms. The van der Waals surface area contributed by atoms with Crippen LogP contribution in [-0.2, 0) is 10.2 Å². The molecule has 1 aliphatic rings. The Hall–Kier alpha value is -0.860. The number of rotatable bonds is 7. The fraction of sp³-hybridized carbons (Fsp3) is 0.684. The summed E-state index contributed by atoms with van der Waals surface area (Å²) in [4.78, 5) is 0. The minimum absolute atomic E-state index is 0.163. The first-order valence-corrected chi connectivity index (χ1v) is 8.44. The Labute approximate surface area is 130 Å². The molecular weight excluding hydrogens is 258 g/mol. The van der Waals surface area contributed by atoms with Crippen LogP contribution in [0.3, 0.4) is 0 Å². The zero-order valence-electron chi connectivity index (χ0n) is 14.1. The average molecular weight is 289 g/mol. The van der Waals surface area contributed by atoms with Gasteiger partial charge in [0.05, 0.1) is 6.10 Å². The van der Waals surface area contributed by atoms with Gasteiger partial charge in [-0.15, -0.1) is 0 Å². The van der Waals surface area contributed by atoms with Gasteiger partial charge in [-0.1, -0.05) is 45.0 Å². The molecule has 1 unspecified atom stereocenters. The maximum atomic E-state index is 6.38. The smallest absolute Gasteiger partial charge is 0.0580 e. The molecule has 1 aromatic rings. The Morgan fingerprint density at radius 3 is 2.33 bits per heavy atom. The third kappa shape index (κ3) is 4.08. The average Bonchev–Trinajstić information content (AvgIpc) is 2.45. The highest BCUT2D eigenvalue weighted by atomic mass is 16.5. The molecule has 0 heterocycles. The van der Waals surface area contributed by atoms with Crippen molar-refractivity contribution in [3.63, 3.8) is 0 Å². The van der Waals surface area contributed by atoms with Crippen molar-refractivity contribution in [3.05, 3.63) is 35.4 Å². The highest BCUT2D eigenvalue weighted by Gasteiger charge is 2.31. The first kappa shape index (κ1) is 16.5. The zero-order chi connectivity index (χ0) is 15.5. The molecule has 0 bridgehead atoms. The SMILES string of the molecule is CCOC1CC(CC(N)c2ccc(C(C)(C)CC)cc2)C1. The molecule has 0 aromatic heterocycles.